The van der Waals surface area contributed by atoms with Crippen molar-refractivity contribution >= 4 is 23.8 Å². The average Bonchev–Trinajstić information content (AvgIpc) is 2.94. The molecule has 9 heteroatoms. The number of halogens is 4. The molecule has 0 saturated carbocycles. The highest BCUT2D eigenvalue weighted by Gasteiger charge is 2.32. The zero-order valence-corrected chi connectivity index (χ0v) is 12.0. The van der Waals surface area contributed by atoms with Crippen LogP contribution in [0, 0.1) is 0 Å². The maximum Gasteiger partial charge on any atom is 0.431 e. The fourth-order valence-corrected chi connectivity index (χ4v) is 2.25. The van der Waals surface area contributed by atoms with Crippen LogP contribution >= 0.6 is 11.6 Å². The Balaban J connectivity index is 1.95. The Hall–Kier alpha value is -2.48. The number of alkyl halides is 3. The van der Waals surface area contributed by atoms with Crippen LogP contribution in [0.3, 0.4) is 0 Å². The summed E-state index contributed by atoms with van der Waals surface area (Å²) in [4.78, 5) is 16.3. The Morgan fingerprint density at radius 1 is 1.26 bits per heavy atom. The van der Waals surface area contributed by atoms with Crippen LogP contribution in [0.15, 0.2) is 23.0 Å². The number of nitrogens with one attached hydrogen (secondary N) is 1. The number of aromatic nitrogens is 2. The van der Waals surface area contributed by atoms with Gasteiger partial charge in [0, 0.05) is 0 Å². The maximum atomic E-state index is 12.7. The number of hydrogen-bond donors (Lipinski definition) is 1. The molecule has 1 aliphatic rings. The first-order chi connectivity index (χ1) is 10.8. The molecule has 0 aliphatic carbocycles. The van der Waals surface area contributed by atoms with Crippen LogP contribution in [0.25, 0.3) is 12.2 Å². The molecule has 0 bridgehead atoms. The molecule has 0 saturated heterocycles. The molecule has 0 atom stereocenters. The fraction of sp³-hybridized carbons (Fsp3) is 0.143. The largest absolute Gasteiger partial charge is 0.454 e. The maximum absolute atomic E-state index is 12.7. The molecule has 1 N–H and O–H groups in total. The second-order valence-corrected chi connectivity index (χ2v) is 4.94. The monoisotopic (exact) mass is 344 g/mol. The van der Waals surface area contributed by atoms with Gasteiger partial charge in [-0.25, -0.2) is 4.79 Å². The number of hydrogen-bond acceptors (Lipinski definition) is 4. The Kier molecular flexibility index (Phi) is 3.77. The minimum absolute atomic E-state index is 0.0484. The zero-order chi connectivity index (χ0) is 16.6. The van der Waals surface area contributed by atoms with Gasteiger partial charge in [0.1, 0.15) is 5.69 Å². The van der Waals surface area contributed by atoms with Crippen LogP contribution in [0.4, 0.5) is 13.2 Å². The fourth-order valence-electron chi connectivity index (χ4n) is 1.97. The number of ether oxygens (including phenoxy) is 2. The Morgan fingerprint density at radius 2 is 2.04 bits per heavy atom. The molecule has 120 valence electrons. The summed E-state index contributed by atoms with van der Waals surface area (Å²) in [7, 11) is 0. The summed E-state index contributed by atoms with van der Waals surface area (Å²) < 4.78 is 48.3. The van der Waals surface area contributed by atoms with E-state index in [4.69, 9.17) is 21.1 Å². The Labute approximate surface area is 132 Å². The molecule has 2 aromatic rings. The SMILES string of the molecule is O=c1nc(C=Cc2ccc3c(c2Cl)OCO3)cc(C(F)(F)F)[nH]1. The predicted molar refractivity (Wildman–Crippen MR) is 76.4 cm³/mol. The molecule has 2 heterocycles. The van der Waals surface area contributed by atoms with Crippen molar-refractivity contribution in [3.63, 3.8) is 0 Å². The Bertz CT molecular complexity index is 846. The molecule has 23 heavy (non-hydrogen) atoms. The first kappa shape index (κ1) is 15.4. The van der Waals surface area contributed by atoms with Gasteiger partial charge in [0.15, 0.2) is 11.5 Å². The zero-order valence-electron chi connectivity index (χ0n) is 11.3. The lowest BCUT2D eigenvalue weighted by molar-refractivity contribution is -0.141. The smallest absolute Gasteiger partial charge is 0.431 e. The molecule has 0 unspecified atom stereocenters. The highest BCUT2D eigenvalue weighted by atomic mass is 35.5. The highest BCUT2D eigenvalue weighted by molar-refractivity contribution is 6.34. The van der Waals surface area contributed by atoms with E-state index in [2.05, 4.69) is 4.98 Å². The van der Waals surface area contributed by atoms with E-state index in [1.54, 1.807) is 17.1 Å². The average molecular weight is 345 g/mol. The van der Waals surface area contributed by atoms with Crippen molar-refractivity contribution in [3.8, 4) is 11.5 Å². The molecule has 0 fully saturated rings. The summed E-state index contributed by atoms with van der Waals surface area (Å²) in [5.74, 6) is 0.851. The molecule has 0 spiro atoms. The van der Waals surface area contributed by atoms with E-state index in [-0.39, 0.29) is 17.5 Å². The number of fused-ring (bicyclic) bond motifs is 1. The summed E-state index contributed by atoms with van der Waals surface area (Å²) >= 11 is 6.13. The summed E-state index contributed by atoms with van der Waals surface area (Å²) in [6, 6.07) is 3.98. The number of rotatable bonds is 2. The lowest BCUT2D eigenvalue weighted by Gasteiger charge is -2.06. The van der Waals surface area contributed by atoms with Crippen LogP contribution in [0.2, 0.25) is 5.02 Å². The van der Waals surface area contributed by atoms with Crippen molar-refractivity contribution in [3.05, 3.63) is 50.7 Å². The topological polar surface area (TPSA) is 64.2 Å². The van der Waals surface area contributed by atoms with Crippen molar-refractivity contribution in [1.82, 2.24) is 9.97 Å². The number of nitrogens with zero attached hydrogens (tertiary/aromatic N) is 1. The minimum atomic E-state index is -4.67. The van der Waals surface area contributed by atoms with Crippen molar-refractivity contribution in [1.29, 1.82) is 0 Å². The van der Waals surface area contributed by atoms with Crippen LogP contribution in [0.1, 0.15) is 17.0 Å². The minimum Gasteiger partial charge on any atom is -0.454 e. The van der Waals surface area contributed by atoms with Crippen LogP contribution in [-0.4, -0.2) is 16.8 Å². The van der Waals surface area contributed by atoms with Gasteiger partial charge in [0.05, 0.1) is 10.7 Å². The summed E-state index contributed by atoms with van der Waals surface area (Å²) in [6.45, 7) is 0.0484. The van der Waals surface area contributed by atoms with E-state index in [0.29, 0.717) is 17.1 Å². The lowest BCUT2D eigenvalue weighted by atomic mass is 10.1. The molecular formula is C14H8ClF3N2O3. The van der Waals surface area contributed by atoms with Crippen molar-refractivity contribution in [2.75, 3.05) is 6.79 Å². The third-order valence-electron chi connectivity index (χ3n) is 3.01. The van der Waals surface area contributed by atoms with Crippen LogP contribution < -0.4 is 15.2 Å². The van der Waals surface area contributed by atoms with Crippen molar-refractivity contribution < 1.29 is 22.6 Å². The Morgan fingerprint density at radius 3 is 2.78 bits per heavy atom. The number of benzene rings is 1. The van der Waals surface area contributed by atoms with E-state index in [9.17, 15) is 18.0 Å². The molecule has 0 amide bonds. The molecule has 1 aliphatic heterocycles. The standard InChI is InChI=1S/C14H8ClF3N2O3/c15-11-7(2-4-9-12(11)23-6-22-9)1-3-8-5-10(14(16,17)18)20-13(21)19-8/h1-5H,6H2,(H,19,20,21). The number of aromatic amines is 1. The quantitative estimate of drug-likeness (QED) is 0.907. The lowest BCUT2D eigenvalue weighted by Crippen LogP contribution is -2.19. The first-order valence-electron chi connectivity index (χ1n) is 6.29. The van der Waals surface area contributed by atoms with Gasteiger partial charge in [-0.05, 0) is 29.8 Å². The van der Waals surface area contributed by atoms with Gasteiger partial charge in [-0.15, -0.1) is 0 Å². The second-order valence-electron chi connectivity index (χ2n) is 4.56. The molecule has 1 aromatic carbocycles. The van der Waals surface area contributed by atoms with Gasteiger partial charge < -0.3 is 14.5 Å². The molecule has 1 aromatic heterocycles. The van der Waals surface area contributed by atoms with Crippen molar-refractivity contribution in [2.45, 2.75) is 6.18 Å². The first-order valence-corrected chi connectivity index (χ1v) is 6.67. The normalized spacial score (nSPS) is 13.7. The third kappa shape index (κ3) is 3.16. The third-order valence-corrected chi connectivity index (χ3v) is 3.40. The van der Waals surface area contributed by atoms with Gasteiger partial charge >= 0.3 is 11.9 Å². The van der Waals surface area contributed by atoms with E-state index in [1.807, 2.05) is 0 Å². The van der Waals surface area contributed by atoms with Gasteiger partial charge in [-0.3, -0.25) is 0 Å². The molecule has 0 radical (unpaired) electrons. The highest BCUT2D eigenvalue weighted by Crippen LogP contribution is 2.41. The van der Waals surface area contributed by atoms with Gasteiger partial charge in [0.25, 0.3) is 0 Å². The molecular weight excluding hydrogens is 337 g/mol. The number of H-pyrrole nitrogens is 1. The van der Waals surface area contributed by atoms with E-state index in [1.165, 1.54) is 12.2 Å². The van der Waals surface area contributed by atoms with Gasteiger partial charge in [-0.2, -0.15) is 18.2 Å². The van der Waals surface area contributed by atoms with Gasteiger partial charge in [-0.1, -0.05) is 17.7 Å². The molecule has 5 nitrogen and oxygen atoms in total. The van der Waals surface area contributed by atoms with E-state index in [0.717, 1.165) is 6.07 Å². The van der Waals surface area contributed by atoms with Crippen LogP contribution in [-0.2, 0) is 6.18 Å². The summed E-state index contributed by atoms with van der Waals surface area (Å²) in [5, 5.41) is 0.261. The van der Waals surface area contributed by atoms with E-state index >= 15 is 0 Å². The summed E-state index contributed by atoms with van der Waals surface area (Å²) in [5.41, 5.74) is -1.91. The van der Waals surface area contributed by atoms with E-state index < -0.39 is 17.6 Å². The predicted octanol–water partition coefficient (Wildman–Crippen LogP) is 3.34. The van der Waals surface area contributed by atoms with Crippen LogP contribution in [0.5, 0.6) is 11.5 Å². The van der Waals surface area contributed by atoms with Gasteiger partial charge in [0.2, 0.25) is 6.79 Å². The summed E-state index contributed by atoms with van der Waals surface area (Å²) in [6.07, 6.45) is -1.97. The van der Waals surface area contributed by atoms with Crippen molar-refractivity contribution in [2.24, 2.45) is 0 Å². The molecule has 3 rings (SSSR count). The second kappa shape index (κ2) is 5.62.